The van der Waals surface area contributed by atoms with Crippen LogP contribution in [0.3, 0.4) is 0 Å². The minimum absolute atomic E-state index is 0.242. The van der Waals surface area contributed by atoms with Crippen LogP contribution in [-0.2, 0) is 7.05 Å². The molecule has 1 aromatic heterocycles. The Kier molecular flexibility index (Phi) is 5.08. The van der Waals surface area contributed by atoms with E-state index in [1.807, 2.05) is 0 Å². The molecule has 0 fully saturated rings. The van der Waals surface area contributed by atoms with Gasteiger partial charge in [-0.3, -0.25) is 24.2 Å². The average molecular weight is 511 g/mol. The summed E-state index contributed by atoms with van der Waals surface area (Å²) in [5.74, 6) is -0.582. The number of H-pyrrole nitrogens is 1. The van der Waals surface area contributed by atoms with Gasteiger partial charge in [-0.2, -0.15) is 0 Å². The van der Waals surface area contributed by atoms with Gasteiger partial charge in [0.1, 0.15) is 5.82 Å². The highest BCUT2D eigenvalue weighted by Crippen LogP contribution is 2.26. The standard InChI is InChI=1S/C12H9N3O3.CH2I2/c1-14-10(6-9(16)13-14)15-11(17)7-4-2-3-5-8(7)12(15)18;1-3-2/h2-6H,1H3,(H,13,16);1H2. The SMILES string of the molecule is C=II.Cn1[nH]c(=O)cc1N1C(=O)c2ccccc2C1=O. The number of fused-ring (bicyclic) bond motifs is 1. The van der Waals surface area contributed by atoms with Gasteiger partial charge in [-0.1, -0.05) is 33.4 Å². The fraction of sp³-hybridized carbons (Fsp3) is 0.0769. The summed E-state index contributed by atoms with van der Waals surface area (Å²) in [6, 6.07) is 7.82. The van der Waals surface area contributed by atoms with E-state index in [0.29, 0.717) is 27.9 Å². The third-order valence-electron chi connectivity index (χ3n) is 2.90. The molecule has 0 saturated carbocycles. The second kappa shape index (κ2) is 6.64. The number of amides is 2. The van der Waals surface area contributed by atoms with Gasteiger partial charge in [0.05, 0.1) is 11.1 Å². The lowest BCUT2D eigenvalue weighted by Gasteiger charge is -2.13. The number of carbonyl (C=O) groups is 2. The summed E-state index contributed by atoms with van der Waals surface area (Å²) >= 11 is 2.60. The molecule has 3 rings (SSSR count). The van der Waals surface area contributed by atoms with Gasteiger partial charge in [-0.15, -0.1) is 0 Å². The zero-order chi connectivity index (χ0) is 15.6. The number of carbonyl (C=O) groups excluding carboxylic acids is 2. The number of nitrogens with one attached hydrogen (secondary N) is 1. The molecule has 0 aliphatic carbocycles. The zero-order valence-electron chi connectivity index (χ0n) is 11.0. The number of anilines is 1. The quantitative estimate of drug-likeness (QED) is 0.472. The van der Waals surface area contributed by atoms with Gasteiger partial charge in [0, 0.05) is 13.1 Å². The number of nitrogens with zero attached hydrogens (tertiary/aromatic N) is 2. The van der Waals surface area contributed by atoms with E-state index < -0.39 is 11.8 Å². The highest BCUT2D eigenvalue weighted by atomic mass is 128. The summed E-state index contributed by atoms with van der Waals surface area (Å²) < 4.78 is 4.93. The Labute approximate surface area is 140 Å². The number of benzene rings is 1. The van der Waals surface area contributed by atoms with Crippen molar-refractivity contribution >= 4 is 57.5 Å². The van der Waals surface area contributed by atoms with Crippen molar-refractivity contribution in [2.75, 3.05) is 4.90 Å². The first-order valence-corrected chi connectivity index (χ1v) is 13.6. The van der Waals surface area contributed by atoms with E-state index in [-0.39, 0.29) is 11.4 Å². The Morgan fingerprint density at radius 3 is 2.00 bits per heavy atom. The van der Waals surface area contributed by atoms with Crippen molar-refractivity contribution in [3.63, 3.8) is 0 Å². The number of hydrogen-bond acceptors (Lipinski definition) is 3. The summed E-state index contributed by atoms with van der Waals surface area (Å²) in [7, 11) is 1.57. The van der Waals surface area contributed by atoms with E-state index in [4.69, 9.17) is 0 Å². The van der Waals surface area contributed by atoms with Gasteiger partial charge in [0.25, 0.3) is 17.4 Å². The van der Waals surface area contributed by atoms with E-state index in [1.54, 1.807) is 31.3 Å². The zero-order valence-corrected chi connectivity index (χ0v) is 15.3. The predicted molar refractivity (Wildman–Crippen MR) is 98.8 cm³/mol. The Hall–Kier alpha value is -1.30. The van der Waals surface area contributed by atoms with Crippen LogP contribution < -0.4 is 10.5 Å². The summed E-state index contributed by atoms with van der Waals surface area (Å²) in [5.41, 5.74) is 0.358. The number of hydrogen-bond donors (Lipinski definition) is 1. The maximum atomic E-state index is 12.1. The van der Waals surface area contributed by atoms with Crippen molar-refractivity contribution in [2.45, 2.75) is 0 Å². The highest BCUT2D eigenvalue weighted by Gasteiger charge is 2.37. The molecule has 2 aromatic rings. The molecule has 0 bridgehead atoms. The molecule has 1 N–H and O–H groups in total. The minimum Gasteiger partial charge on any atom is -0.272 e. The van der Waals surface area contributed by atoms with Crippen LogP contribution in [0.15, 0.2) is 35.1 Å². The van der Waals surface area contributed by atoms with Crippen LogP contribution in [-0.4, -0.2) is 26.1 Å². The van der Waals surface area contributed by atoms with Crippen LogP contribution in [0.1, 0.15) is 20.7 Å². The van der Waals surface area contributed by atoms with Crippen LogP contribution in [0.25, 0.3) is 0 Å². The molecule has 0 unspecified atom stereocenters. The Morgan fingerprint density at radius 1 is 1.14 bits per heavy atom. The summed E-state index contributed by atoms with van der Waals surface area (Å²) in [6.45, 7) is 0. The molecule has 1 aliphatic rings. The second-order valence-corrected chi connectivity index (χ2v) is 8.57. The first-order valence-electron chi connectivity index (χ1n) is 5.74. The van der Waals surface area contributed by atoms with Crippen LogP contribution in [0.5, 0.6) is 0 Å². The van der Waals surface area contributed by atoms with Crippen molar-refractivity contribution in [3.05, 3.63) is 51.8 Å². The Morgan fingerprint density at radius 2 is 1.62 bits per heavy atom. The lowest BCUT2D eigenvalue weighted by molar-refractivity contribution is 0.0924. The van der Waals surface area contributed by atoms with Gasteiger partial charge in [0.2, 0.25) is 0 Å². The largest absolute Gasteiger partial charge is 0.272 e. The Bertz CT molecular complexity index is 744. The smallest absolute Gasteiger partial charge is 0.267 e. The molecule has 0 spiro atoms. The van der Waals surface area contributed by atoms with Crippen molar-refractivity contribution < 1.29 is 9.59 Å². The van der Waals surface area contributed by atoms with Gasteiger partial charge in [-0.05, 0) is 30.7 Å². The summed E-state index contributed by atoms with van der Waals surface area (Å²) in [4.78, 5) is 36.5. The van der Waals surface area contributed by atoms with Crippen molar-refractivity contribution in [3.8, 4) is 0 Å². The molecule has 110 valence electrons. The number of aromatic amines is 1. The molecule has 2 heterocycles. The van der Waals surface area contributed by atoms with E-state index in [2.05, 4.69) is 28.2 Å². The summed E-state index contributed by atoms with van der Waals surface area (Å²) in [6.07, 6.45) is 0. The lowest BCUT2D eigenvalue weighted by atomic mass is 10.1. The van der Waals surface area contributed by atoms with Crippen molar-refractivity contribution in [2.24, 2.45) is 7.05 Å². The fourth-order valence-electron chi connectivity index (χ4n) is 2.08. The van der Waals surface area contributed by atoms with E-state index in [9.17, 15) is 14.4 Å². The maximum absolute atomic E-state index is 12.1. The first-order chi connectivity index (χ1) is 10.0. The molecule has 21 heavy (non-hydrogen) atoms. The molecular weight excluding hydrogens is 500 g/mol. The van der Waals surface area contributed by atoms with Gasteiger partial charge >= 0.3 is 0 Å². The molecule has 8 heteroatoms. The number of halogens is 2. The van der Waals surface area contributed by atoms with Gasteiger partial charge in [-0.25, -0.2) is 4.90 Å². The number of aromatic nitrogens is 2. The van der Waals surface area contributed by atoms with Crippen LogP contribution in [0, 0.1) is 0 Å². The highest BCUT2D eigenvalue weighted by molar-refractivity contribution is 15.0. The van der Waals surface area contributed by atoms with E-state index in [1.165, 1.54) is 10.7 Å². The van der Waals surface area contributed by atoms with Crippen LogP contribution in [0.4, 0.5) is 5.82 Å². The van der Waals surface area contributed by atoms with Gasteiger partial charge in [0.15, 0.2) is 0 Å². The second-order valence-electron chi connectivity index (χ2n) is 4.13. The summed E-state index contributed by atoms with van der Waals surface area (Å²) in [5, 5.41) is 2.47. The lowest BCUT2D eigenvalue weighted by Crippen LogP contribution is -2.31. The topological polar surface area (TPSA) is 75.2 Å². The normalized spacial score (nSPS) is 13.0. The van der Waals surface area contributed by atoms with E-state index in [0.717, 1.165) is 4.90 Å². The third kappa shape index (κ3) is 3.00. The third-order valence-corrected chi connectivity index (χ3v) is 2.90. The maximum Gasteiger partial charge on any atom is 0.267 e. The first kappa shape index (κ1) is 16.1. The molecule has 0 radical (unpaired) electrons. The Balaban J connectivity index is 0.000000497. The average Bonchev–Trinajstić information content (AvgIpc) is 2.90. The van der Waals surface area contributed by atoms with E-state index >= 15 is 0 Å². The predicted octanol–water partition coefficient (Wildman–Crippen LogP) is 2.25. The van der Waals surface area contributed by atoms with Gasteiger partial charge < -0.3 is 0 Å². The molecule has 0 saturated heterocycles. The van der Waals surface area contributed by atoms with Crippen LogP contribution >= 0.6 is 35.4 Å². The number of imide groups is 1. The number of aryl methyl sites for hydroxylation is 1. The molecule has 0 atom stereocenters. The van der Waals surface area contributed by atoms with Crippen molar-refractivity contribution in [1.82, 2.24) is 9.78 Å². The van der Waals surface area contributed by atoms with Crippen LogP contribution in [0.2, 0.25) is 0 Å². The fourth-order valence-corrected chi connectivity index (χ4v) is 2.08. The molecular formula is C13H11I2N3O3. The van der Waals surface area contributed by atoms with Crippen molar-refractivity contribution in [1.29, 1.82) is 0 Å². The molecule has 2 amide bonds. The molecule has 1 aromatic carbocycles. The number of rotatable bonds is 1. The monoisotopic (exact) mass is 511 g/mol. The minimum atomic E-state index is -0.412. The molecule has 6 nitrogen and oxygen atoms in total. The molecule has 1 aliphatic heterocycles.